The van der Waals surface area contributed by atoms with Crippen molar-refractivity contribution in [2.24, 2.45) is 0 Å². The minimum absolute atomic E-state index is 0.199. The Bertz CT molecular complexity index is 1020. The Kier molecular flexibility index (Phi) is 6.50. The lowest BCUT2D eigenvalue weighted by atomic mass is 9.94. The van der Waals surface area contributed by atoms with Crippen molar-refractivity contribution in [1.82, 2.24) is 4.98 Å². The van der Waals surface area contributed by atoms with Crippen LogP contribution in [-0.2, 0) is 25.4 Å². The van der Waals surface area contributed by atoms with Crippen LogP contribution in [0, 0.1) is 0 Å². The number of halogens is 1. The van der Waals surface area contributed by atoms with E-state index in [1.807, 2.05) is 72.8 Å². The predicted molar refractivity (Wildman–Crippen MR) is 118 cm³/mol. The number of aromatic nitrogens is 1. The lowest BCUT2D eigenvalue weighted by molar-refractivity contribution is -0.384. The van der Waals surface area contributed by atoms with Crippen molar-refractivity contribution in [3.63, 3.8) is 0 Å². The van der Waals surface area contributed by atoms with Gasteiger partial charge >= 0.3 is 0 Å². The molecule has 5 rings (SSSR count). The maximum Gasteiger partial charge on any atom is 0.184 e. The Morgan fingerprint density at radius 1 is 0.719 bits per heavy atom. The van der Waals surface area contributed by atoms with Gasteiger partial charge in [0.1, 0.15) is 23.5 Å². The van der Waals surface area contributed by atoms with E-state index in [4.69, 9.17) is 30.5 Å². The third-order valence-corrected chi connectivity index (χ3v) is 6.14. The van der Waals surface area contributed by atoms with Crippen LogP contribution in [0.2, 0.25) is 5.15 Å². The SMILES string of the molecule is OC[C@H]1OC(c2ccccc2)O[C@@H]2[C@@H]1OC(c1ccccc1)O[C@@H]2Cc1cccnc1Cl. The van der Waals surface area contributed by atoms with Crippen molar-refractivity contribution in [3.8, 4) is 0 Å². The lowest BCUT2D eigenvalue weighted by Gasteiger charge is -2.49. The molecule has 1 N–H and O–H groups in total. The molecule has 2 aromatic carbocycles. The molecule has 2 fully saturated rings. The molecule has 6 nitrogen and oxygen atoms in total. The van der Waals surface area contributed by atoms with Crippen LogP contribution in [0.5, 0.6) is 0 Å². The van der Waals surface area contributed by atoms with Gasteiger partial charge in [-0.1, -0.05) is 78.3 Å². The van der Waals surface area contributed by atoms with Gasteiger partial charge in [0.2, 0.25) is 0 Å². The van der Waals surface area contributed by atoms with Gasteiger partial charge in [-0.3, -0.25) is 0 Å². The van der Waals surface area contributed by atoms with Gasteiger partial charge in [0.25, 0.3) is 0 Å². The summed E-state index contributed by atoms with van der Waals surface area (Å²) in [6, 6.07) is 23.1. The van der Waals surface area contributed by atoms with E-state index >= 15 is 0 Å². The van der Waals surface area contributed by atoms with Gasteiger partial charge in [0, 0.05) is 23.7 Å². The van der Waals surface area contributed by atoms with Gasteiger partial charge in [-0.2, -0.15) is 0 Å². The van der Waals surface area contributed by atoms with Crippen molar-refractivity contribution < 1.29 is 24.1 Å². The quantitative estimate of drug-likeness (QED) is 0.583. The average Bonchev–Trinajstić information content (AvgIpc) is 2.86. The van der Waals surface area contributed by atoms with Crippen LogP contribution in [0.25, 0.3) is 0 Å². The zero-order valence-corrected chi connectivity index (χ0v) is 18.0. The summed E-state index contributed by atoms with van der Waals surface area (Å²) in [5.74, 6) is 0. The summed E-state index contributed by atoms with van der Waals surface area (Å²) in [6.45, 7) is -0.199. The summed E-state index contributed by atoms with van der Waals surface area (Å²) in [4.78, 5) is 4.19. The molecule has 0 spiro atoms. The fourth-order valence-electron chi connectivity index (χ4n) is 4.21. The van der Waals surface area contributed by atoms with Crippen LogP contribution in [-0.4, -0.2) is 41.1 Å². The standard InChI is InChI=1S/C25H24ClNO5/c26-23-18(12-7-13-27-23)14-19-21-22(32-24(29-19)16-8-3-1-4-9-16)20(15-28)30-25(31-21)17-10-5-2-6-11-17/h1-13,19-22,24-25,28H,14-15H2/t19-,20-,21+,22-,24?,25?/m1/s1. The van der Waals surface area contributed by atoms with Gasteiger partial charge in [0.15, 0.2) is 12.6 Å². The second-order valence-electron chi connectivity index (χ2n) is 7.88. The lowest BCUT2D eigenvalue weighted by Crippen LogP contribution is -2.59. The number of hydrogen-bond acceptors (Lipinski definition) is 6. The van der Waals surface area contributed by atoms with Gasteiger partial charge in [-0.15, -0.1) is 0 Å². The largest absolute Gasteiger partial charge is 0.394 e. The Labute approximate surface area is 191 Å². The summed E-state index contributed by atoms with van der Waals surface area (Å²) < 4.78 is 25.2. The molecule has 166 valence electrons. The highest BCUT2D eigenvalue weighted by atomic mass is 35.5. The van der Waals surface area contributed by atoms with Crippen molar-refractivity contribution in [3.05, 3.63) is 101 Å². The normalized spacial score (nSPS) is 29.9. The van der Waals surface area contributed by atoms with Crippen molar-refractivity contribution >= 4 is 11.6 Å². The third-order valence-electron chi connectivity index (χ3n) is 5.80. The molecule has 2 aliphatic heterocycles. The molecular formula is C25H24ClNO5. The monoisotopic (exact) mass is 453 g/mol. The molecule has 1 aromatic heterocycles. The number of hydrogen-bond donors (Lipinski definition) is 1. The number of benzene rings is 2. The minimum atomic E-state index is -0.637. The number of aliphatic hydroxyl groups excluding tert-OH is 1. The summed E-state index contributed by atoms with van der Waals surface area (Å²) in [5, 5.41) is 10.6. The molecule has 2 unspecified atom stereocenters. The second-order valence-corrected chi connectivity index (χ2v) is 8.23. The van der Waals surface area contributed by atoms with E-state index in [2.05, 4.69) is 4.98 Å². The Morgan fingerprint density at radius 3 is 1.84 bits per heavy atom. The molecule has 7 heteroatoms. The molecule has 0 aliphatic carbocycles. The smallest absolute Gasteiger partial charge is 0.184 e. The number of pyridine rings is 1. The Balaban J connectivity index is 1.48. The number of rotatable bonds is 5. The first-order valence-corrected chi connectivity index (χ1v) is 11.0. The van der Waals surface area contributed by atoms with Gasteiger partial charge in [0.05, 0.1) is 12.7 Å². The van der Waals surface area contributed by atoms with Crippen LogP contribution in [0.4, 0.5) is 0 Å². The Morgan fingerprint density at radius 2 is 1.28 bits per heavy atom. The van der Waals surface area contributed by atoms with E-state index in [9.17, 15) is 5.11 Å². The summed E-state index contributed by atoms with van der Waals surface area (Å²) in [6.07, 6.45) is -1.05. The third kappa shape index (κ3) is 4.43. The molecule has 2 saturated heterocycles. The van der Waals surface area contributed by atoms with Crippen LogP contribution in [0.1, 0.15) is 29.3 Å². The first kappa shape index (κ1) is 21.5. The average molecular weight is 454 g/mol. The molecule has 0 amide bonds. The molecule has 6 atom stereocenters. The van der Waals surface area contributed by atoms with E-state index in [-0.39, 0.29) is 12.7 Å². The van der Waals surface area contributed by atoms with E-state index in [0.717, 1.165) is 16.7 Å². The van der Waals surface area contributed by atoms with Gasteiger partial charge in [-0.05, 0) is 11.6 Å². The molecule has 32 heavy (non-hydrogen) atoms. The maximum absolute atomic E-state index is 10.1. The van der Waals surface area contributed by atoms with E-state index < -0.39 is 30.9 Å². The molecule has 2 aliphatic rings. The first-order chi connectivity index (χ1) is 15.7. The van der Waals surface area contributed by atoms with Gasteiger partial charge < -0.3 is 24.1 Å². The number of fused-ring (bicyclic) bond motifs is 1. The highest BCUT2D eigenvalue weighted by molar-refractivity contribution is 6.30. The molecule has 0 bridgehead atoms. The van der Waals surface area contributed by atoms with Crippen LogP contribution >= 0.6 is 11.6 Å². The second kappa shape index (κ2) is 9.67. The fourth-order valence-corrected chi connectivity index (χ4v) is 4.41. The summed E-state index contributed by atoms with van der Waals surface area (Å²) in [7, 11) is 0. The van der Waals surface area contributed by atoms with Gasteiger partial charge in [-0.25, -0.2) is 4.98 Å². The topological polar surface area (TPSA) is 70.0 Å². The number of ether oxygens (including phenoxy) is 4. The van der Waals surface area contributed by atoms with Crippen molar-refractivity contribution in [2.75, 3.05) is 6.61 Å². The summed E-state index contributed by atoms with van der Waals surface area (Å²) in [5.41, 5.74) is 2.61. The predicted octanol–water partition coefficient (Wildman–Crippen LogP) is 4.24. The van der Waals surface area contributed by atoms with Crippen LogP contribution < -0.4 is 0 Å². The zero-order valence-electron chi connectivity index (χ0n) is 17.3. The number of nitrogens with zero attached hydrogens (tertiary/aromatic N) is 1. The number of aliphatic hydroxyl groups is 1. The molecule has 0 radical (unpaired) electrons. The molecule has 3 heterocycles. The Hall–Kier alpha value is -2.32. The van der Waals surface area contributed by atoms with Crippen molar-refractivity contribution in [1.29, 1.82) is 0 Å². The van der Waals surface area contributed by atoms with Crippen LogP contribution in [0.3, 0.4) is 0 Å². The summed E-state index contributed by atoms with van der Waals surface area (Å²) >= 11 is 6.35. The fraction of sp³-hybridized carbons (Fsp3) is 0.320. The zero-order chi connectivity index (χ0) is 21.9. The minimum Gasteiger partial charge on any atom is -0.394 e. The molecule has 0 saturated carbocycles. The van der Waals surface area contributed by atoms with E-state index in [1.165, 1.54) is 0 Å². The highest BCUT2D eigenvalue weighted by Gasteiger charge is 2.50. The molecule has 3 aromatic rings. The molecular weight excluding hydrogens is 430 g/mol. The van der Waals surface area contributed by atoms with Crippen LogP contribution in [0.15, 0.2) is 79.0 Å². The van der Waals surface area contributed by atoms with E-state index in [0.29, 0.717) is 11.6 Å². The van der Waals surface area contributed by atoms with E-state index in [1.54, 1.807) is 6.20 Å². The van der Waals surface area contributed by atoms with Crippen molar-refractivity contribution in [2.45, 2.75) is 43.4 Å². The maximum atomic E-state index is 10.1. The highest BCUT2D eigenvalue weighted by Crippen LogP contribution is 2.41. The first-order valence-electron chi connectivity index (χ1n) is 10.6.